The Kier molecular flexibility index (Phi) is 5.53. The lowest BCUT2D eigenvalue weighted by Gasteiger charge is -2.08. The number of carbonyl (C=O) groups excluding carboxylic acids is 3. The maximum Gasteiger partial charge on any atom is 0.233 e. The van der Waals surface area contributed by atoms with Gasteiger partial charge in [-0.15, -0.1) is 0 Å². The van der Waals surface area contributed by atoms with Gasteiger partial charge in [0, 0.05) is 11.3 Å². The Bertz CT molecular complexity index is 853. The topological polar surface area (TPSA) is 75.3 Å². The Hall–Kier alpha value is -3.16. The third kappa shape index (κ3) is 4.66. The lowest BCUT2D eigenvalue weighted by atomic mass is 10.1. The van der Waals surface area contributed by atoms with Crippen LogP contribution in [-0.2, 0) is 9.59 Å². The number of ketones is 1. The molecule has 8 heteroatoms. The molecule has 0 atom stereocenters. The zero-order chi connectivity index (χ0) is 18.6. The van der Waals surface area contributed by atoms with Crippen LogP contribution in [0.4, 0.5) is 24.5 Å². The monoisotopic (exact) mass is 350 g/mol. The van der Waals surface area contributed by atoms with Gasteiger partial charge in [0.05, 0.1) is 5.69 Å². The number of halogens is 3. The van der Waals surface area contributed by atoms with Gasteiger partial charge in [0.15, 0.2) is 23.2 Å². The number of benzene rings is 2. The maximum absolute atomic E-state index is 13.5. The Balaban J connectivity index is 1.99. The summed E-state index contributed by atoms with van der Waals surface area (Å²) >= 11 is 0. The van der Waals surface area contributed by atoms with E-state index in [0.717, 1.165) is 6.07 Å². The lowest BCUT2D eigenvalue weighted by molar-refractivity contribution is -0.123. The van der Waals surface area contributed by atoms with Crippen molar-refractivity contribution in [3.05, 3.63) is 59.4 Å². The van der Waals surface area contributed by atoms with Crippen molar-refractivity contribution < 1.29 is 27.6 Å². The number of hydrogen-bond donors (Lipinski definition) is 2. The van der Waals surface area contributed by atoms with Crippen molar-refractivity contribution in [2.24, 2.45) is 0 Å². The van der Waals surface area contributed by atoms with E-state index in [0.29, 0.717) is 17.3 Å². The molecule has 2 aromatic carbocycles. The highest BCUT2D eigenvalue weighted by Crippen LogP contribution is 2.19. The molecule has 0 aliphatic heterocycles. The Labute approximate surface area is 140 Å². The van der Waals surface area contributed by atoms with Crippen LogP contribution in [0.15, 0.2) is 36.4 Å². The molecule has 0 aromatic heterocycles. The predicted octanol–water partition coefficient (Wildman–Crippen LogP) is 3.27. The summed E-state index contributed by atoms with van der Waals surface area (Å²) in [5.41, 5.74) is 0.117. The van der Waals surface area contributed by atoms with Gasteiger partial charge in [0.25, 0.3) is 0 Å². The molecule has 0 fully saturated rings. The van der Waals surface area contributed by atoms with Gasteiger partial charge in [-0.1, -0.05) is 12.1 Å². The first-order valence-electron chi connectivity index (χ1n) is 7.12. The van der Waals surface area contributed by atoms with Crippen molar-refractivity contribution >= 4 is 29.0 Å². The molecule has 0 aliphatic carbocycles. The van der Waals surface area contributed by atoms with E-state index in [1.807, 2.05) is 5.32 Å². The van der Waals surface area contributed by atoms with Gasteiger partial charge in [0.1, 0.15) is 6.42 Å². The van der Waals surface area contributed by atoms with E-state index >= 15 is 0 Å². The van der Waals surface area contributed by atoms with Crippen LogP contribution in [0, 0.1) is 17.5 Å². The number of Topliss-reactive ketones (excluding diaryl/α,β-unsaturated/α-hetero) is 1. The Morgan fingerprint density at radius 2 is 1.60 bits per heavy atom. The first-order valence-corrected chi connectivity index (χ1v) is 7.12. The number of rotatable bonds is 5. The molecule has 130 valence electrons. The molecule has 0 heterocycles. The van der Waals surface area contributed by atoms with Crippen LogP contribution in [-0.4, -0.2) is 17.6 Å². The third-order valence-corrected chi connectivity index (χ3v) is 3.18. The van der Waals surface area contributed by atoms with Gasteiger partial charge in [-0.2, -0.15) is 0 Å². The Morgan fingerprint density at radius 3 is 2.28 bits per heavy atom. The molecule has 2 N–H and O–H groups in total. The minimum atomic E-state index is -1.72. The second-order valence-electron chi connectivity index (χ2n) is 5.13. The third-order valence-electron chi connectivity index (χ3n) is 3.18. The molecule has 0 spiro atoms. The Morgan fingerprint density at radius 1 is 0.920 bits per heavy atom. The van der Waals surface area contributed by atoms with E-state index in [2.05, 4.69) is 5.32 Å². The summed E-state index contributed by atoms with van der Waals surface area (Å²) in [6.45, 7) is 1.37. The molecule has 2 aromatic rings. The predicted molar refractivity (Wildman–Crippen MR) is 84.6 cm³/mol. The average molecular weight is 350 g/mol. The van der Waals surface area contributed by atoms with Gasteiger partial charge in [-0.3, -0.25) is 14.4 Å². The van der Waals surface area contributed by atoms with Crippen molar-refractivity contribution in [1.29, 1.82) is 0 Å². The summed E-state index contributed by atoms with van der Waals surface area (Å²) in [4.78, 5) is 34.8. The van der Waals surface area contributed by atoms with Crippen LogP contribution in [0.2, 0.25) is 0 Å². The second kappa shape index (κ2) is 7.61. The van der Waals surface area contributed by atoms with Crippen LogP contribution in [0.25, 0.3) is 0 Å². The number of anilines is 2. The van der Waals surface area contributed by atoms with Gasteiger partial charge < -0.3 is 10.6 Å². The summed E-state index contributed by atoms with van der Waals surface area (Å²) in [7, 11) is 0. The normalized spacial score (nSPS) is 10.2. The standard InChI is InChI=1S/C17H13F3N2O3/c1-9(23)10-3-2-4-11(7-10)21-14(24)8-15(25)22-13-6-5-12(18)16(19)17(13)20/h2-7H,8H2,1H3,(H,21,24)(H,22,25). The van der Waals surface area contributed by atoms with Gasteiger partial charge in [-0.25, -0.2) is 13.2 Å². The largest absolute Gasteiger partial charge is 0.326 e. The number of hydrogen-bond acceptors (Lipinski definition) is 3. The smallest absolute Gasteiger partial charge is 0.233 e. The molecule has 0 bridgehead atoms. The molecule has 5 nitrogen and oxygen atoms in total. The molecule has 0 radical (unpaired) electrons. The first-order chi connectivity index (χ1) is 11.8. The molecule has 0 saturated carbocycles. The van der Waals surface area contributed by atoms with E-state index in [1.54, 1.807) is 12.1 Å². The van der Waals surface area contributed by atoms with E-state index in [9.17, 15) is 27.6 Å². The molecular formula is C17H13F3N2O3. The number of nitrogens with one attached hydrogen (secondary N) is 2. The van der Waals surface area contributed by atoms with Gasteiger partial charge in [-0.05, 0) is 31.2 Å². The summed E-state index contributed by atoms with van der Waals surface area (Å²) in [5, 5.41) is 4.40. The maximum atomic E-state index is 13.5. The molecule has 0 aliphatic rings. The van der Waals surface area contributed by atoms with Gasteiger partial charge in [0.2, 0.25) is 11.8 Å². The van der Waals surface area contributed by atoms with Crippen molar-refractivity contribution in [2.75, 3.05) is 10.6 Å². The van der Waals surface area contributed by atoms with Crippen LogP contribution >= 0.6 is 0 Å². The highest BCUT2D eigenvalue weighted by atomic mass is 19.2. The molecule has 2 amide bonds. The molecule has 2 rings (SSSR count). The van der Waals surface area contributed by atoms with E-state index in [1.165, 1.54) is 19.1 Å². The number of amides is 2. The molecule has 0 unspecified atom stereocenters. The summed E-state index contributed by atoms with van der Waals surface area (Å²) in [6, 6.07) is 7.59. The van der Waals surface area contributed by atoms with Crippen LogP contribution in [0.5, 0.6) is 0 Å². The fourth-order valence-electron chi connectivity index (χ4n) is 1.98. The van der Waals surface area contributed by atoms with Crippen LogP contribution in [0.1, 0.15) is 23.7 Å². The fourth-order valence-corrected chi connectivity index (χ4v) is 1.98. The number of carbonyl (C=O) groups is 3. The van der Waals surface area contributed by atoms with E-state index in [4.69, 9.17) is 0 Å². The SMILES string of the molecule is CC(=O)c1cccc(NC(=O)CC(=O)Nc2ccc(F)c(F)c2F)c1. The fraction of sp³-hybridized carbons (Fsp3) is 0.118. The average Bonchev–Trinajstić information content (AvgIpc) is 2.55. The first kappa shape index (κ1) is 18.2. The van der Waals surface area contributed by atoms with Crippen molar-refractivity contribution in [3.8, 4) is 0 Å². The van der Waals surface area contributed by atoms with Gasteiger partial charge >= 0.3 is 0 Å². The highest BCUT2D eigenvalue weighted by Gasteiger charge is 2.17. The minimum absolute atomic E-state index is 0.192. The lowest BCUT2D eigenvalue weighted by Crippen LogP contribution is -2.22. The zero-order valence-corrected chi connectivity index (χ0v) is 13.0. The van der Waals surface area contributed by atoms with Crippen LogP contribution in [0.3, 0.4) is 0 Å². The molecular weight excluding hydrogens is 337 g/mol. The summed E-state index contributed by atoms with van der Waals surface area (Å²) < 4.78 is 39.4. The van der Waals surface area contributed by atoms with Crippen LogP contribution < -0.4 is 10.6 Å². The van der Waals surface area contributed by atoms with E-state index < -0.39 is 41.4 Å². The molecule has 0 saturated heterocycles. The summed E-state index contributed by atoms with van der Waals surface area (Å²) in [6.07, 6.45) is -0.678. The summed E-state index contributed by atoms with van der Waals surface area (Å²) in [5.74, 6) is -6.49. The minimum Gasteiger partial charge on any atom is -0.326 e. The highest BCUT2D eigenvalue weighted by molar-refractivity contribution is 6.08. The van der Waals surface area contributed by atoms with Crippen molar-refractivity contribution in [3.63, 3.8) is 0 Å². The quantitative estimate of drug-likeness (QED) is 0.494. The van der Waals surface area contributed by atoms with Crippen molar-refractivity contribution in [2.45, 2.75) is 13.3 Å². The van der Waals surface area contributed by atoms with Crippen molar-refractivity contribution in [1.82, 2.24) is 0 Å². The molecule has 25 heavy (non-hydrogen) atoms. The zero-order valence-electron chi connectivity index (χ0n) is 13.0. The second-order valence-corrected chi connectivity index (χ2v) is 5.13. The van der Waals surface area contributed by atoms with E-state index in [-0.39, 0.29) is 5.78 Å².